The lowest BCUT2D eigenvalue weighted by molar-refractivity contribution is 0.312. The summed E-state index contributed by atoms with van der Waals surface area (Å²) in [7, 11) is 1.69. The van der Waals surface area contributed by atoms with E-state index in [9.17, 15) is 0 Å². The minimum atomic E-state index is 0.905. The zero-order valence-corrected chi connectivity index (χ0v) is 11.2. The van der Waals surface area contributed by atoms with Gasteiger partial charge in [-0.25, -0.2) is 0 Å². The molecule has 1 aliphatic heterocycles. The molecule has 2 nitrogen and oxygen atoms in total. The summed E-state index contributed by atoms with van der Waals surface area (Å²) in [6, 6.07) is 8.15. The van der Waals surface area contributed by atoms with E-state index in [0.29, 0.717) is 0 Å². The minimum Gasteiger partial charge on any atom is -0.497 e. The summed E-state index contributed by atoms with van der Waals surface area (Å²) in [5.41, 5.74) is 2.66. The fraction of sp³-hybridized carbons (Fsp3) is 0.375. The van der Waals surface area contributed by atoms with Crippen LogP contribution in [0.1, 0.15) is 18.9 Å². The van der Waals surface area contributed by atoms with Crippen LogP contribution in [0.2, 0.25) is 0 Å². The summed E-state index contributed by atoms with van der Waals surface area (Å²) in [4.78, 5) is 2.45. The normalized spacial score (nSPS) is 16.9. The van der Waals surface area contributed by atoms with Gasteiger partial charge < -0.3 is 4.74 Å². The fourth-order valence-corrected chi connectivity index (χ4v) is 2.08. The highest BCUT2D eigenvalue weighted by atomic mass is 16.5. The zero-order valence-electron chi connectivity index (χ0n) is 11.2. The van der Waals surface area contributed by atoms with Crippen molar-refractivity contribution >= 4 is 6.08 Å². The van der Waals surface area contributed by atoms with Crippen molar-refractivity contribution in [2.24, 2.45) is 0 Å². The third-order valence-corrected chi connectivity index (χ3v) is 3.38. The van der Waals surface area contributed by atoms with Gasteiger partial charge in [0.1, 0.15) is 5.75 Å². The average molecular weight is 243 g/mol. The Balaban J connectivity index is 1.96. The summed E-state index contributed by atoms with van der Waals surface area (Å²) in [5, 5.41) is 0. The van der Waals surface area contributed by atoms with E-state index < -0.39 is 0 Å². The number of hydrogen-bond donors (Lipinski definition) is 0. The van der Waals surface area contributed by atoms with Crippen molar-refractivity contribution < 1.29 is 4.74 Å². The fourth-order valence-electron chi connectivity index (χ4n) is 2.08. The molecule has 1 aromatic rings. The van der Waals surface area contributed by atoms with Gasteiger partial charge in [-0.2, -0.15) is 0 Å². The number of allylic oxidation sites excluding steroid dienone is 1. The van der Waals surface area contributed by atoms with Crippen LogP contribution in [0.5, 0.6) is 5.75 Å². The van der Waals surface area contributed by atoms with Crippen molar-refractivity contribution in [1.82, 2.24) is 4.90 Å². The zero-order chi connectivity index (χ0) is 12.8. The highest BCUT2D eigenvalue weighted by molar-refractivity contribution is 5.54. The van der Waals surface area contributed by atoms with E-state index >= 15 is 0 Å². The average Bonchev–Trinajstić information content (AvgIpc) is 2.46. The first-order valence-corrected chi connectivity index (χ1v) is 6.55. The van der Waals surface area contributed by atoms with Gasteiger partial charge in [0.25, 0.3) is 0 Å². The van der Waals surface area contributed by atoms with Crippen LogP contribution in [0.15, 0.2) is 42.0 Å². The molecule has 0 N–H and O–H groups in total. The van der Waals surface area contributed by atoms with Crippen molar-refractivity contribution in [2.75, 3.05) is 26.7 Å². The quantitative estimate of drug-likeness (QED) is 0.804. The van der Waals surface area contributed by atoms with Gasteiger partial charge in [0.2, 0.25) is 0 Å². The SMILES string of the molecule is CCN1CC=C(/C=C/c2ccc(OC)cc2)CC1. The third-order valence-electron chi connectivity index (χ3n) is 3.38. The lowest BCUT2D eigenvalue weighted by Crippen LogP contribution is -2.27. The van der Waals surface area contributed by atoms with E-state index in [4.69, 9.17) is 4.74 Å². The van der Waals surface area contributed by atoms with Crippen molar-refractivity contribution in [1.29, 1.82) is 0 Å². The minimum absolute atomic E-state index is 0.905. The third kappa shape index (κ3) is 3.47. The molecule has 0 saturated carbocycles. The number of ether oxygens (including phenoxy) is 1. The van der Waals surface area contributed by atoms with Gasteiger partial charge in [-0.15, -0.1) is 0 Å². The number of likely N-dealkylation sites (N-methyl/N-ethyl adjacent to an activating group) is 1. The van der Waals surface area contributed by atoms with Gasteiger partial charge in [0.05, 0.1) is 7.11 Å². The summed E-state index contributed by atoms with van der Waals surface area (Å²) >= 11 is 0. The van der Waals surface area contributed by atoms with Crippen LogP contribution in [-0.2, 0) is 0 Å². The summed E-state index contributed by atoms with van der Waals surface area (Å²) < 4.78 is 5.15. The molecule has 96 valence electrons. The van der Waals surface area contributed by atoms with Crippen molar-refractivity contribution in [3.8, 4) is 5.75 Å². The maximum Gasteiger partial charge on any atom is 0.118 e. The maximum atomic E-state index is 5.15. The molecule has 0 atom stereocenters. The van der Waals surface area contributed by atoms with Gasteiger partial charge in [0, 0.05) is 13.1 Å². The van der Waals surface area contributed by atoms with Crippen LogP contribution < -0.4 is 4.74 Å². The molecule has 0 aliphatic carbocycles. The van der Waals surface area contributed by atoms with Crippen LogP contribution in [0.3, 0.4) is 0 Å². The van der Waals surface area contributed by atoms with Crippen molar-refractivity contribution in [3.05, 3.63) is 47.6 Å². The number of nitrogens with zero attached hydrogens (tertiary/aromatic N) is 1. The largest absolute Gasteiger partial charge is 0.497 e. The Labute approximate surface area is 110 Å². The molecule has 18 heavy (non-hydrogen) atoms. The van der Waals surface area contributed by atoms with Crippen molar-refractivity contribution in [2.45, 2.75) is 13.3 Å². The first-order valence-electron chi connectivity index (χ1n) is 6.55. The second kappa shape index (κ2) is 6.41. The molecule has 0 fully saturated rings. The monoisotopic (exact) mass is 243 g/mol. The summed E-state index contributed by atoms with van der Waals surface area (Å²) in [6.07, 6.45) is 7.88. The molecule has 0 unspecified atom stereocenters. The molecular weight excluding hydrogens is 222 g/mol. The predicted molar refractivity (Wildman–Crippen MR) is 76.8 cm³/mol. The van der Waals surface area contributed by atoms with Crippen LogP contribution in [0, 0.1) is 0 Å². The van der Waals surface area contributed by atoms with E-state index in [2.05, 4.69) is 42.2 Å². The molecule has 0 radical (unpaired) electrons. The lowest BCUT2D eigenvalue weighted by Gasteiger charge is -2.23. The number of methoxy groups -OCH3 is 1. The number of hydrogen-bond acceptors (Lipinski definition) is 2. The van der Waals surface area contributed by atoms with Crippen molar-refractivity contribution in [3.63, 3.8) is 0 Å². The Bertz CT molecular complexity index is 431. The summed E-state index contributed by atoms with van der Waals surface area (Å²) in [6.45, 7) is 5.62. The first kappa shape index (κ1) is 12.9. The number of benzene rings is 1. The van der Waals surface area contributed by atoms with Crippen LogP contribution in [0.4, 0.5) is 0 Å². The summed E-state index contributed by atoms with van der Waals surface area (Å²) in [5.74, 6) is 0.905. The molecule has 0 saturated heterocycles. The van der Waals surface area contributed by atoms with E-state index in [1.807, 2.05) is 12.1 Å². The smallest absolute Gasteiger partial charge is 0.118 e. The highest BCUT2D eigenvalue weighted by Gasteiger charge is 2.07. The molecule has 0 spiro atoms. The molecule has 1 heterocycles. The molecule has 0 bridgehead atoms. The predicted octanol–water partition coefficient (Wildman–Crippen LogP) is 3.36. The topological polar surface area (TPSA) is 12.5 Å². The Morgan fingerprint density at radius 3 is 2.56 bits per heavy atom. The Kier molecular flexibility index (Phi) is 4.59. The van der Waals surface area contributed by atoms with Crippen LogP contribution in [0.25, 0.3) is 6.08 Å². The van der Waals surface area contributed by atoms with Gasteiger partial charge in [-0.05, 0) is 36.2 Å². The van der Waals surface area contributed by atoms with Gasteiger partial charge in [-0.1, -0.05) is 37.3 Å². The molecule has 1 aliphatic rings. The maximum absolute atomic E-state index is 5.15. The molecule has 1 aromatic carbocycles. The Morgan fingerprint density at radius 2 is 2.00 bits per heavy atom. The van der Waals surface area contributed by atoms with E-state index in [0.717, 1.165) is 25.3 Å². The number of rotatable bonds is 4. The van der Waals surface area contributed by atoms with Gasteiger partial charge in [0.15, 0.2) is 0 Å². The first-order chi connectivity index (χ1) is 8.81. The van der Waals surface area contributed by atoms with E-state index in [-0.39, 0.29) is 0 Å². The highest BCUT2D eigenvalue weighted by Crippen LogP contribution is 2.16. The second-order valence-electron chi connectivity index (χ2n) is 4.53. The van der Waals surface area contributed by atoms with Gasteiger partial charge >= 0.3 is 0 Å². The standard InChI is InChI=1S/C16H21NO/c1-3-17-12-10-15(11-13-17)5-4-14-6-8-16(18-2)9-7-14/h4-10H,3,11-13H2,1-2H3/b5-4+. The second-order valence-corrected chi connectivity index (χ2v) is 4.53. The molecular formula is C16H21NO. The Morgan fingerprint density at radius 1 is 1.22 bits per heavy atom. The van der Waals surface area contributed by atoms with Gasteiger partial charge in [-0.3, -0.25) is 4.90 Å². The molecule has 2 rings (SSSR count). The van der Waals surface area contributed by atoms with E-state index in [1.54, 1.807) is 7.11 Å². The van der Waals surface area contributed by atoms with Crippen LogP contribution in [-0.4, -0.2) is 31.6 Å². The molecule has 0 aromatic heterocycles. The van der Waals surface area contributed by atoms with Crippen LogP contribution >= 0.6 is 0 Å². The van der Waals surface area contributed by atoms with E-state index in [1.165, 1.54) is 17.7 Å². The molecule has 2 heteroatoms. The lowest BCUT2D eigenvalue weighted by atomic mass is 10.1. The Hall–Kier alpha value is -1.54. The molecule has 0 amide bonds.